The summed E-state index contributed by atoms with van der Waals surface area (Å²) in [6.07, 6.45) is 4.31. The zero-order chi connectivity index (χ0) is 8.10. The highest BCUT2D eigenvalue weighted by atomic mass is 16.6. The van der Waals surface area contributed by atoms with Crippen LogP contribution in [0.2, 0.25) is 0 Å². The summed E-state index contributed by atoms with van der Waals surface area (Å²) in [5.41, 5.74) is 0. The quantitative estimate of drug-likeness (QED) is 0.474. The SMILES string of the molecule is C=CC(=O)OC1CCCCN1. The van der Waals surface area contributed by atoms with E-state index >= 15 is 0 Å². The summed E-state index contributed by atoms with van der Waals surface area (Å²) in [5, 5.41) is 3.09. The fourth-order valence-corrected chi connectivity index (χ4v) is 1.11. The highest BCUT2D eigenvalue weighted by molar-refractivity contribution is 5.81. The van der Waals surface area contributed by atoms with Crippen molar-refractivity contribution in [1.29, 1.82) is 0 Å². The maximum Gasteiger partial charge on any atom is 0.331 e. The van der Waals surface area contributed by atoms with E-state index in [4.69, 9.17) is 4.74 Å². The van der Waals surface area contributed by atoms with Crippen molar-refractivity contribution >= 4 is 5.97 Å². The molecule has 1 aliphatic heterocycles. The number of carbonyl (C=O) groups excluding carboxylic acids is 1. The second kappa shape index (κ2) is 4.13. The Kier molecular flexibility index (Phi) is 3.11. The number of hydrogen-bond acceptors (Lipinski definition) is 3. The van der Waals surface area contributed by atoms with Crippen LogP contribution in [-0.4, -0.2) is 18.7 Å². The Morgan fingerprint density at radius 3 is 3.00 bits per heavy atom. The van der Waals surface area contributed by atoms with Crippen molar-refractivity contribution in [3.05, 3.63) is 12.7 Å². The van der Waals surface area contributed by atoms with E-state index in [1.807, 2.05) is 0 Å². The van der Waals surface area contributed by atoms with Crippen LogP contribution >= 0.6 is 0 Å². The average Bonchev–Trinajstić information content (AvgIpc) is 2.06. The van der Waals surface area contributed by atoms with Crippen LogP contribution in [0, 0.1) is 0 Å². The van der Waals surface area contributed by atoms with Crippen molar-refractivity contribution in [2.75, 3.05) is 6.54 Å². The van der Waals surface area contributed by atoms with Gasteiger partial charge in [0, 0.05) is 6.08 Å². The molecular weight excluding hydrogens is 142 g/mol. The molecule has 1 saturated heterocycles. The fraction of sp³-hybridized carbons (Fsp3) is 0.625. The molecule has 3 nitrogen and oxygen atoms in total. The van der Waals surface area contributed by atoms with Gasteiger partial charge in [0.25, 0.3) is 0 Å². The Bertz CT molecular complexity index is 150. The lowest BCUT2D eigenvalue weighted by molar-refractivity contribution is -0.145. The smallest absolute Gasteiger partial charge is 0.331 e. The molecule has 0 aromatic heterocycles. The van der Waals surface area contributed by atoms with E-state index in [0.29, 0.717) is 0 Å². The van der Waals surface area contributed by atoms with Gasteiger partial charge >= 0.3 is 5.97 Å². The molecule has 0 aromatic carbocycles. The lowest BCUT2D eigenvalue weighted by Crippen LogP contribution is -2.37. The first-order chi connectivity index (χ1) is 5.33. The van der Waals surface area contributed by atoms with Gasteiger partial charge in [-0.15, -0.1) is 0 Å². The Morgan fingerprint density at radius 2 is 2.45 bits per heavy atom. The molecule has 62 valence electrons. The van der Waals surface area contributed by atoms with E-state index in [1.54, 1.807) is 0 Å². The summed E-state index contributed by atoms with van der Waals surface area (Å²) in [4.78, 5) is 10.7. The summed E-state index contributed by atoms with van der Waals surface area (Å²) in [5.74, 6) is -0.343. The molecule has 0 amide bonds. The van der Waals surface area contributed by atoms with Crippen molar-refractivity contribution in [2.45, 2.75) is 25.5 Å². The van der Waals surface area contributed by atoms with Crippen molar-refractivity contribution in [1.82, 2.24) is 5.32 Å². The van der Waals surface area contributed by atoms with Crippen molar-refractivity contribution in [3.63, 3.8) is 0 Å². The summed E-state index contributed by atoms with van der Waals surface area (Å²) in [6, 6.07) is 0. The number of rotatable bonds is 2. The number of hydrogen-bond donors (Lipinski definition) is 1. The second-order valence-electron chi connectivity index (χ2n) is 2.58. The average molecular weight is 155 g/mol. The van der Waals surface area contributed by atoms with E-state index in [2.05, 4.69) is 11.9 Å². The maximum atomic E-state index is 10.7. The predicted molar refractivity (Wildman–Crippen MR) is 41.9 cm³/mol. The van der Waals surface area contributed by atoms with Gasteiger partial charge in [-0.2, -0.15) is 0 Å². The summed E-state index contributed by atoms with van der Waals surface area (Å²) >= 11 is 0. The van der Waals surface area contributed by atoms with Gasteiger partial charge in [-0.3, -0.25) is 5.32 Å². The molecule has 11 heavy (non-hydrogen) atoms. The molecule has 0 spiro atoms. The molecule has 1 aliphatic rings. The summed E-state index contributed by atoms with van der Waals surface area (Å²) < 4.78 is 4.97. The first-order valence-electron chi connectivity index (χ1n) is 3.89. The molecule has 0 bridgehead atoms. The van der Waals surface area contributed by atoms with Gasteiger partial charge in [0.1, 0.15) is 0 Å². The van der Waals surface area contributed by atoms with Gasteiger partial charge in [0.2, 0.25) is 0 Å². The zero-order valence-electron chi connectivity index (χ0n) is 6.51. The number of nitrogens with one attached hydrogen (secondary N) is 1. The number of ether oxygens (including phenoxy) is 1. The topological polar surface area (TPSA) is 38.3 Å². The van der Waals surface area contributed by atoms with Crippen LogP contribution in [0.4, 0.5) is 0 Å². The molecule has 1 N–H and O–H groups in total. The zero-order valence-corrected chi connectivity index (χ0v) is 6.51. The van der Waals surface area contributed by atoms with E-state index in [0.717, 1.165) is 19.4 Å². The summed E-state index contributed by atoms with van der Waals surface area (Å²) in [6.45, 7) is 4.26. The van der Waals surface area contributed by atoms with Crippen molar-refractivity contribution < 1.29 is 9.53 Å². The van der Waals surface area contributed by atoms with Crippen molar-refractivity contribution in [3.8, 4) is 0 Å². The summed E-state index contributed by atoms with van der Waals surface area (Å²) in [7, 11) is 0. The third-order valence-electron chi connectivity index (χ3n) is 1.69. The first-order valence-corrected chi connectivity index (χ1v) is 3.89. The van der Waals surface area contributed by atoms with E-state index in [1.165, 1.54) is 12.5 Å². The molecule has 0 aliphatic carbocycles. The molecule has 0 radical (unpaired) electrons. The Morgan fingerprint density at radius 1 is 1.64 bits per heavy atom. The molecule has 0 aromatic rings. The second-order valence-corrected chi connectivity index (χ2v) is 2.58. The van der Waals surface area contributed by atoms with Crippen molar-refractivity contribution in [2.24, 2.45) is 0 Å². The van der Waals surface area contributed by atoms with Gasteiger partial charge in [0.15, 0.2) is 6.23 Å². The van der Waals surface area contributed by atoms with Crippen LogP contribution in [-0.2, 0) is 9.53 Å². The molecule has 0 saturated carbocycles. The number of carbonyl (C=O) groups is 1. The first kappa shape index (κ1) is 8.27. The van der Waals surface area contributed by atoms with Gasteiger partial charge < -0.3 is 4.74 Å². The van der Waals surface area contributed by atoms with Crippen LogP contribution in [0.3, 0.4) is 0 Å². The Labute approximate surface area is 66.4 Å². The van der Waals surface area contributed by atoms with E-state index in [9.17, 15) is 4.79 Å². The van der Waals surface area contributed by atoms with Crippen LogP contribution in [0.1, 0.15) is 19.3 Å². The number of esters is 1. The third-order valence-corrected chi connectivity index (χ3v) is 1.69. The monoisotopic (exact) mass is 155 g/mol. The third kappa shape index (κ3) is 2.72. The molecule has 1 fully saturated rings. The Hall–Kier alpha value is -0.830. The molecule has 1 unspecified atom stereocenters. The minimum absolute atomic E-state index is 0.0887. The molecule has 1 heterocycles. The van der Waals surface area contributed by atoms with Gasteiger partial charge in [-0.05, 0) is 25.8 Å². The van der Waals surface area contributed by atoms with Gasteiger partial charge in [0.05, 0.1) is 0 Å². The molecule has 1 rings (SSSR count). The largest absolute Gasteiger partial charge is 0.443 e. The fourth-order valence-electron chi connectivity index (χ4n) is 1.11. The molecule has 1 atom stereocenters. The normalized spacial score (nSPS) is 24.2. The number of piperidine rings is 1. The minimum atomic E-state index is -0.343. The maximum absolute atomic E-state index is 10.7. The highest BCUT2D eigenvalue weighted by Crippen LogP contribution is 2.07. The molecule has 3 heteroatoms. The van der Waals surface area contributed by atoms with Crippen LogP contribution in [0.25, 0.3) is 0 Å². The lowest BCUT2D eigenvalue weighted by Gasteiger charge is -2.22. The van der Waals surface area contributed by atoms with Gasteiger partial charge in [-0.1, -0.05) is 6.58 Å². The van der Waals surface area contributed by atoms with E-state index < -0.39 is 0 Å². The lowest BCUT2D eigenvalue weighted by atomic mass is 10.1. The van der Waals surface area contributed by atoms with Crippen LogP contribution in [0.5, 0.6) is 0 Å². The predicted octanol–water partition coefficient (Wildman–Crippen LogP) is 0.815. The standard InChI is InChI=1S/C8H13NO2/c1-2-8(10)11-7-5-3-4-6-9-7/h2,7,9H,1,3-6H2. The molecular formula is C8H13NO2. The van der Waals surface area contributed by atoms with Crippen LogP contribution < -0.4 is 5.32 Å². The minimum Gasteiger partial charge on any atom is -0.443 e. The van der Waals surface area contributed by atoms with E-state index in [-0.39, 0.29) is 12.2 Å². The van der Waals surface area contributed by atoms with Gasteiger partial charge in [-0.25, -0.2) is 4.79 Å². The Balaban J connectivity index is 2.24. The van der Waals surface area contributed by atoms with Crippen LogP contribution in [0.15, 0.2) is 12.7 Å². The highest BCUT2D eigenvalue weighted by Gasteiger charge is 2.14.